The van der Waals surface area contributed by atoms with Crippen LogP contribution in [-0.4, -0.2) is 46.0 Å². The van der Waals surface area contributed by atoms with Crippen LogP contribution in [0.2, 0.25) is 0 Å². The summed E-state index contributed by atoms with van der Waals surface area (Å²) in [6.07, 6.45) is 1.89. The summed E-state index contributed by atoms with van der Waals surface area (Å²) in [6.45, 7) is 4.21. The highest BCUT2D eigenvalue weighted by molar-refractivity contribution is 8.00. The van der Waals surface area contributed by atoms with Gasteiger partial charge in [-0.25, -0.2) is 0 Å². The van der Waals surface area contributed by atoms with Gasteiger partial charge in [-0.1, -0.05) is 13.8 Å². The fraction of sp³-hybridized carbons (Fsp3) is 1.00. The average Bonchev–Trinajstić information content (AvgIpc) is 2.61. The average molecular weight is 219 g/mol. The highest BCUT2D eigenvalue weighted by Crippen LogP contribution is 2.28. The van der Waals surface area contributed by atoms with Crippen molar-refractivity contribution in [1.82, 2.24) is 5.32 Å². The molecule has 1 fully saturated rings. The molecule has 84 valence electrons. The van der Waals surface area contributed by atoms with E-state index >= 15 is 0 Å². The van der Waals surface area contributed by atoms with Gasteiger partial charge in [0.15, 0.2) is 0 Å². The second-order valence-corrected chi connectivity index (χ2v) is 5.55. The molecule has 0 saturated carbocycles. The highest BCUT2D eigenvalue weighted by Gasteiger charge is 2.33. The number of hydrogen-bond donors (Lipinski definition) is 3. The molecule has 1 heterocycles. The summed E-state index contributed by atoms with van der Waals surface area (Å²) in [6, 6.07) is 0.430. The van der Waals surface area contributed by atoms with Crippen molar-refractivity contribution in [2.24, 2.45) is 0 Å². The number of hydrogen-bond acceptors (Lipinski definition) is 4. The number of aliphatic hydroxyl groups is 2. The lowest BCUT2D eigenvalue weighted by Gasteiger charge is -2.34. The number of thioether (sulfide) groups is 1. The molecular weight excluding hydrogens is 198 g/mol. The fourth-order valence-corrected chi connectivity index (χ4v) is 2.98. The van der Waals surface area contributed by atoms with Crippen molar-refractivity contribution >= 4 is 11.8 Å². The Morgan fingerprint density at radius 3 is 2.43 bits per heavy atom. The molecule has 1 aliphatic rings. The van der Waals surface area contributed by atoms with Crippen LogP contribution in [0.3, 0.4) is 0 Å². The predicted octanol–water partition coefficient (Wildman–Crippen LogP) is 0.603. The summed E-state index contributed by atoms with van der Waals surface area (Å²) < 4.78 is 0. The Hall–Kier alpha value is 0.230. The van der Waals surface area contributed by atoms with Crippen LogP contribution >= 0.6 is 11.8 Å². The number of aliphatic hydroxyl groups excluding tert-OH is 2. The van der Waals surface area contributed by atoms with E-state index in [1.807, 2.05) is 18.7 Å². The van der Waals surface area contributed by atoms with Crippen LogP contribution in [0.25, 0.3) is 0 Å². The Balaban J connectivity index is 2.54. The van der Waals surface area contributed by atoms with Crippen LogP contribution in [0, 0.1) is 0 Å². The SMILES string of the molecule is CCC(CO)(CO)NC1CCSC1C. The Kier molecular flexibility index (Phi) is 4.70. The Labute approximate surface area is 90.3 Å². The normalized spacial score (nSPS) is 28.3. The van der Waals surface area contributed by atoms with Crippen molar-refractivity contribution in [3.63, 3.8) is 0 Å². The minimum absolute atomic E-state index is 0.00782. The minimum Gasteiger partial charge on any atom is -0.394 e. The van der Waals surface area contributed by atoms with Gasteiger partial charge in [-0.05, 0) is 18.6 Å². The van der Waals surface area contributed by atoms with Gasteiger partial charge in [-0.3, -0.25) is 0 Å². The second kappa shape index (κ2) is 5.35. The quantitative estimate of drug-likeness (QED) is 0.634. The minimum atomic E-state index is -0.482. The van der Waals surface area contributed by atoms with Gasteiger partial charge in [0.05, 0.1) is 18.8 Å². The van der Waals surface area contributed by atoms with Gasteiger partial charge in [0.25, 0.3) is 0 Å². The van der Waals surface area contributed by atoms with Gasteiger partial charge in [0.1, 0.15) is 0 Å². The molecule has 0 aliphatic carbocycles. The van der Waals surface area contributed by atoms with Crippen LogP contribution in [0.5, 0.6) is 0 Å². The van der Waals surface area contributed by atoms with Crippen LogP contribution in [0.1, 0.15) is 26.7 Å². The van der Waals surface area contributed by atoms with Gasteiger partial charge in [0, 0.05) is 11.3 Å². The first-order chi connectivity index (χ1) is 6.67. The van der Waals surface area contributed by atoms with Crippen LogP contribution < -0.4 is 5.32 Å². The molecule has 2 atom stereocenters. The first-order valence-corrected chi connectivity index (χ1v) is 6.33. The van der Waals surface area contributed by atoms with Gasteiger partial charge in [-0.15, -0.1) is 0 Å². The summed E-state index contributed by atoms with van der Waals surface area (Å²) in [7, 11) is 0. The van der Waals surface area contributed by atoms with Crippen LogP contribution in [-0.2, 0) is 0 Å². The molecule has 4 heteroatoms. The van der Waals surface area contributed by atoms with Gasteiger partial charge >= 0.3 is 0 Å². The molecule has 0 aromatic carbocycles. The maximum atomic E-state index is 9.29. The Morgan fingerprint density at radius 2 is 2.07 bits per heavy atom. The number of rotatable bonds is 5. The van der Waals surface area contributed by atoms with E-state index in [0.29, 0.717) is 11.3 Å². The first-order valence-electron chi connectivity index (χ1n) is 5.28. The molecule has 3 nitrogen and oxygen atoms in total. The third-order valence-corrected chi connectivity index (χ3v) is 4.48. The van der Waals surface area contributed by atoms with E-state index < -0.39 is 5.54 Å². The predicted molar refractivity (Wildman–Crippen MR) is 60.7 cm³/mol. The van der Waals surface area contributed by atoms with Crippen molar-refractivity contribution in [1.29, 1.82) is 0 Å². The molecule has 1 aliphatic heterocycles. The molecule has 1 saturated heterocycles. The van der Waals surface area contributed by atoms with Gasteiger partial charge in [-0.2, -0.15) is 11.8 Å². The van der Waals surface area contributed by atoms with Crippen molar-refractivity contribution in [2.45, 2.75) is 43.5 Å². The lowest BCUT2D eigenvalue weighted by molar-refractivity contribution is 0.0779. The first kappa shape index (κ1) is 12.3. The molecule has 14 heavy (non-hydrogen) atoms. The second-order valence-electron chi connectivity index (χ2n) is 4.07. The summed E-state index contributed by atoms with van der Waals surface area (Å²) in [5, 5.41) is 22.6. The molecule has 0 radical (unpaired) electrons. The van der Waals surface area contributed by atoms with Crippen molar-refractivity contribution in [2.75, 3.05) is 19.0 Å². The van der Waals surface area contributed by atoms with E-state index in [-0.39, 0.29) is 13.2 Å². The number of nitrogens with one attached hydrogen (secondary N) is 1. The maximum Gasteiger partial charge on any atom is 0.0648 e. The molecule has 1 rings (SSSR count). The fourth-order valence-electron chi connectivity index (χ4n) is 1.78. The summed E-state index contributed by atoms with van der Waals surface area (Å²) in [4.78, 5) is 0. The van der Waals surface area contributed by atoms with E-state index in [4.69, 9.17) is 0 Å². The molecule has 0 aromatic heterocycles. The zero-order chi connectivity index (χ0) is 10.6. The lowest BCUT2D eigenvalue weighted by atomic mass is 9.96. The molecule has 0 amide bonds. The molecule has 3 N–H and O–H groups in total. The van der Waals surface area contributed by atoms with E-state index in [1.54, 1.807) is 0 Å². The van der Waals surface area contributed by atoms with Crippen LogP contribution in [0.4, 0.5) is 0 Å². The van der Waals surface area contributed by atoms with E-state index in [1.165, 1.54) is 5.75 Å². The van der Waals surface area contributed by atoms with Crippen molar-refractivity contribution < 1.29 is 10.2 Å². The standard InChI is InChI=1S/C10H21NO2S/c1-3-10(6-12,7-13)11-9-4-5-14-8(9)2/h8-9,11-13H,3-7H2,1-2H3. The van der Waals surface area contributed by atoms with Crippen molar-refractivity contribution in [3.8, 4) is 0 Å². The molecule has 0 aromatic rings. The van der Waals surface area contributed by atoms with E-state index in [0.717, 1.165) is 12.8 Å². The monoisotopic (exact) mass is 219 g/mol. The maximum absolute atomic E-state index is 9.29. The van der Waals surface area contributed by atoms with Crippen LogP contribution in [0.15, 0.2) is 0 Å². The summed E-state index contributed by atoms with van der Waals surface area (Å²) >= 11 is 1.95. The Bertz CT molecular complexity index is 165. The van der Waals surface area contributed by atoms with Gasteiger partial charge < -0.3 is 15.5 Å². The summed E-state index contributed by atoms with van der Waals surface area (Å²) in [5.74, 6) is 1.18. The third kappa shape index (κ3) is 2.63. The zero-order valence-electron chi connectivity index (χ0n) is 8.99. The zero-order valence-corrected chi connectivity index (χ0v) is 9.81. The van der Waals surface area contributed by atoms with E-state index in [9.17, 15) is 10.2 Å². The largest absolute Gasteiger partial charge is 0.394 e. The molecule has 2 unspecified atom stereocenters. The Morgan fingerprint density at radius 1 is 1.43 bits per heavy atom. The summed E-state index contributed by atoms with van der Waals surface area (Å²) in [5.41, 5.74) is -0.482. The van der Waals surface area contributed by atoms with E-state index in [2.05, 4.69) is 12.2 Å². The van der Waals surface area contributed by atoms with Crippen molar-refractivity contribution in [3.05, 3.63) is 0 Å². The smallest absolute Gasteiger partial charge is 0.0648 e. The van der Waals surface area contributed by atoms with Gasteiger partial charge in [0.2, 0.25) is 0 Å². The molecular formula is C10H21NO2S. The topological polar surface area (TPSA) is 52.5 Å². The highest BCUT2D eigenvalue weighted by atomic mass is 32.2. The molecule has 0 spiro atoms. The lowest BCUT2D eigenvalue weighted by Crippen LogP contribution is -2.56. The third-order valence-electron chi connectivity index (χ3n) is 3.15. The molecule has 0 bridgehead atoms.